The van der Waals surface area contributed by atoms with Gasteiger partial charge in [0.05, 0.1) is 10.8 Å². The molecule has 2 aromatic heterocycles. The number of pyridine rings is 1. The molecule has 1 aliphatic heterocycles. The van der Waals surface area contributed by atoms with Gasteiger partial charge in [-0.25, -0.2) is 0 Å². The van der Waals surface area contributed by atoms with Crippen LogP contribution in [0.4, 0.5) is 13.2 Å². The van der Waals surface area contributed by atoms with Gasteiger partial charge in [-0.3, -0.25) is 9.20 Å². The molecule has 4 rings (SSSR count). The van der Waals surface area contributed by atoms with Crippen molar-refractivity contribution < 1.29 is 18.0 Å². The van der Waals surface area contributed by atoms with E-state index in [1.165, 1.54) is 22.2 Å². The Balaban J connectivity index is 1.50. The monoisotopic (exact) mass is 468 g/mol. The number of fused-ring (bicyclic) bond motifs is 1. The summed E-state index contributed by atoms with van der Waals surface area (Å²) in [6, 6.07) is 9.62. The van der Waals surface area contributed by atoms with Crippen LogP contribution in [0.1, 0.15) is 37.1 Å². The number of hydrogen-bond acceptors (Lipinski definition) is 4. The first-order chi connectivity index (χ1) is 14.7. The van der Waals surface area contributed by atoms with E-state index in [2.05, 4.69) is 10.2 Å². The fourth-order valence-electron chi connectivity index (χ4n) is 3.77. The van der Waals surface area contributed by atoms with E-state index in [9.17, 15) is 18.0 Å². The van der Waals surface area contributed by atoms with Crippen molar-refractivity contribution in [2.45, 2.75) is 42.0 Å². The number of rotatable bonds is 4. The summed E-state index contributed by atoms with van der Waals surface area (Å²) in [5.74, 6) is 0.273. The van der Waals surface area contributed by atoms with Crippen LogP contribution in [0, 0.1) is 0 Å². The van der Waals surface area contributed by atoms with Crippen molar-refractivity contribution in [1.29, 1.82) is 0 Å². The van der Waals surface area contributed by atoms with Gasteiger partial charge in [0, 0.05) is 35.1 Å². The number of halogens is 4. The van der Waals surface area contributed by atoms with E-state index in [1.807, 2.05) is 19.1 Å². The first-order valence-corrected chi connectivity index (χ1v) is 11.1. The smallest absolute Gasteiger partial charge is 0.341 e. The molecule has 10 heteroatoms. The van der Waals surface area contributed by atoms with Gasteiger partial charge in [0.25, 0.3) is 0 Å². The molecule has 2 atom stereocenters. The first-order valence-electron chi connectivity index (χ1n) is 9.85. The Kier molecular flexibility index (Phi) is 6.16. The fraction of sp³-hybridized carbons (Fsp3) is 0.381. The number of aromatic nitrogens is 3. The Morgan fingerprint density at radius 2 is 1.94 bits per heavy atom. The molecular formula is C21H20ClF3N4OS. The van der Waals surface area contributed by atoms with E-state index < -0.39 is 11.7 Å². The minimum atomic E-state index is -4.45. The molecule has 0 saturated carbocycles. The lowest BCUT2D eigenvalue weighted by atomic mass is 9.97. The molecule has 3 aromatic rings. The fourth-order valence-corrected chi connectivity index (χ4v) is 4.84. The molecule has 2 unspecified atom stereocenters. The van der Waals surface area contributed by atoms with E-state index in [0.29, 0.717) is 29.6 Å². The Labute approximate surface area is 186 Å². The summed E-state index contributed by atoms with van der Waals surface area (Å²) in [7, 11) is 0. The Hall–Kier alpha value is -2.26. The molecule has 0 spiro atoms. The number of carbonyl (C=O) groups excluding carboxylic acids is 1. The summed E-state index contributed by atoms with van der Waals surface area (Å²) in [5.41, 5.74) is -0.393. The zero-order chi connectivity index (χ0) is 22.2. The lowest BCUT2D eigenvalue weighted by Crippen LogP contribution is -2.43. The van der Waals surface area contributed by atoms with Gasteiger partial charge in [0.1, 0.15) is 5.82 Å². The molecular weight excluding hydrogens is 449 g/mol. The summed E-state index contributed by atoms with van der Waals surface area (Å²) in [6.45, 7) is 2.88. The SMILES string of the molecule is CC(Sc1ccc(Cl)cc1)C(=O)N1CCCC(c2nnc3ccc(C(F)(F)F)cn23)C1. The number of amides is 1. The Bertz CT molecular complexity index is 1090. The number of hydrogen-bond donors (Lipinski definition) is 0. The van der Waals surface area contributed by atoms with Crippen molar-refractivity contribution in [1.82, 2.24) is 19.5 Å². The van der Waals surface area contributed by atoms with Crippen molar-refractivity contribution in [3.05, 3.63) is 59.0 Å². The van der Waals surface area contributed by atoms with Gasteiger partial charge in [0.2, 0.25) is 5.91 Å². The van der Waals surface area contributed by atoms with E-state index in [0.717, 1.165) is 30.0 Å². The minimum Gasteiger partial charge on any atom is -0.341 e. The predicted molar refractivity (Wildman–Crippen MR) is 113 cm³/mol. The third-order valence-electron chi connectivity index (χ3n) is 5.33. The van der Waals surface area contributed by atoms with E-state index in [4.69, 9.17) is 11.6 Å². The quantitative estimate of drug-likeness (QED) is 0.488. The Morgan fingerprint density at radius 1 is 1.19 bits per heavy atom. The van der Waals surface area contributed by atoms with Gasteiger partial charge < -0.3 is 4.90 Å². The molecule has 0 bridgehead atoms. The van der Waals surface area contributed by atoms with Crippen LogP contribution in [0.25, 0.3) is 5.65 Å². The topological polar surface area (TPSA) is 50.5 Å². The highest BCUT2D eigenvalue weighted by Crippen LogP contribution is 2.32. The van der Waals surface area contributed by atoms with Crippen molar-refractivity contribution in [2.75, 3.05) is 13.1 Å². The van der Waals surface area contributed by atoms with E-state index in [-0.39, 0.29) is 17.1 Å². The van der Waals surface area contributed by atoms with Crippen LogP contribution >= 0.6 is 23.4 Å². The molecule has 5 nitrogen and oxygen atoms in total. The standard InChI is InChI=1S/C21H20ClF3N4OS/c1-13(31-17-7-5-16(22)6-8-17)20(30)28-10-2-3-14(11-28)19-27-26-18-9-4-15(12-29(18)19)21(23,24)25/h4-9,12-14H,2-3,10-11H2,1H3. The highest BCUT2D eigenvalue weighted by molar-refractivity contribution is 8.00. The van der Waals surface area contributed by atoms with Gasteiger partial charge in [-0.2, -0.15) is 13.2 Å². The van der Waals surface area contributed by atoms with Gasteiger partial charge in [-0.15, -0.1) is 22.0 Å². The normalized spacial score (nSPS) is 18.4. The average Bonchev–Trinajstić information content (AvgIpc) is 3.17. The molecule has 164 valence electrons. The van der Waals surface area contributed by atoms with Crippen LogP contribution in [0.3, 0.4) is 0 Å². The number of nitrogens with zero attached hydrogens (tertiary/aromatic N) is 4. The highest BCUT2D eigenvalue weighted by Gasteiger charge is 2.33. The second-order valence-corrected chi connectivity index (χ2v) is 9.39. The van der Waals surface area contributed by atoms with Crippen LogP contribution in [-0.4, -0.2) is 43.7 Å². The number of likely N-dealkylation sites (tertiary alicyclic amines) is 1. The zero-order valence-corrected chi connectivity index (χ0v) is 18.2. The lowest BCUT2D eigenvalue weighted by Gasteiger charge is -2.33. The third-order valence-corrected chi connectivity index (χ3v) is 6.68. The van der Waals surface area contributed by atoms with Gasteiger partial charge in [-0.1, -0.05) is 11.6 Å². The second kappa shape index (κ2) is 8.70. The number of piperidine rings is 1. The van der Waals surface area contributed by atoms with Crippen molar-refractivity contribution in [3.8, 4) is 0 Å². The summed E-state index contributed by atoms with van der Waals surface area (Å²) in [6.07, 6.45) is -1.93. The molecule has 1 amide bonds. The molecule has 0 N–H and O–H groups in total. The molecule has 0 radical (unpaired) electrons. The average molecular weight is 469 g/mol. The molecule has 1 fully saturated rings. The molecule has 31 heavy (non-hydrogen) atoms. The first kappa shape index (κ1) is 22.0. The second-order valence-electron chi connectivity index (χ2n) is 7.54. The number of alkyl halides is 3. The van der Waals surface area contributed by atoms with Crippen molar-refractivity contribution in [2.24, 2.45) is 0 Å². The van der Waals surface area contributed by atoms with Crippen LogP contribution in [0.2, 0.25) is 5.02 Å². The highest BCUT2D eigenvalue weighted by atomic mass is 35.5. The molecule has 1 aromatic carbocycles. The number of carbonyl (C=O) groups is 1. The Morgan fingerprint density at radius 3 is 2.65 bits per heavy atom. The molecule has 1 saturated heterocycles. The van der Waals surface area contributed by atoms with Crippen LogP contribution in [0.15, 0.2) is 47.5 Å². The maximum absolute atomic E-state index is 13.1. The summed E-state index contributed by atoms with van der Waals surface area (Å²) in [4.78, 5) is 15.7. The summed E-state index contributed by atoms with van der Waals surface area (Å²) < 4.78 is 40.8. The maximum Gasteiger partial charge on any atom is 0.417 e. The van der Waals surface area contributed by atoms with Crippen molar-refractivity contribution >= 4 is 34.9 Å². The summed E-state index contributed by atoms with van der Waals surface area (Å²) in [5, 5.41) is 8.50. The molecule has 3 heterocycles. The maximum atomic E-state index is 13.1. The molecule has 0 aliphatic carbocycles. The van der Waals surface area contributed by atoms with Crippen molar-refractivity contribution in [3.63, 3.8) is 0 Å². The van der Waals surface area contributed by atoms with Crippen LogP contribution < -0.4 is 0 Å². The van der Waals surface area contributed by atoms with E-state index in [1.54, 1.807) is 17.0 Å². The minimum absolute atomic E-state index is 0.00514. The molecule has 1 aliphatic rings. The number of benzene rings is 1. The van der Waals surface area contributed by atoms with Gasteiger partial charge >= 0.3 is 6.18 Å². The third kappa shape index (κ3) is 4.82. The van der Waals surface area contributed by atoms with Crippen LogP contribution in [-0.2, 0) is 11.0 Å². The predicted octanol–water partition coefficient (Wildman–Crippen LogP) is 5.29. The summed E-state index contributed by atoms with van der Waals surface area (Å²) >= 11 is 7.37. The largest absolute Gasteiger partial charge is 0.417 e. The zero-order valence-electron chi connectivity index (χ0n) is 16.6. The van der Waals surface area contributed by atoms with Gasteiger partial charge in [-0.05, 0) is 56.2 Å². The lowest BCUT2D eigenvalue weighted by molar-refractivity contribution is -0.137. The van der Waals surface area contributed by atoms with E-state index >= 15 is 0 Å². The van der Waals surface area contributed by atoms with Gasteiger partial charge in [0.15, 0.2) is 5.65 Å². The number of thioether (sulfide) groups is 1. The van der Waals surface area contributed by atoms with Crippen LogP contribution in [0.5, 0.6) is 0 Å².